The van der Waals surface area contributed by atoms with E-state index in [9.17, 15) is 4.79 Å². The highest BCUT2D eigenvalue weighted by atomic mass is 16.5. The molecule has 0 atom stereocenters. The van der Waals surface area contributed by atoms with Crippen LogP contribution in [0.1, 0.15) is 0 Å². The second-order valence-corrected chi connectivity index (χ2v) is 7.18. The average Bonchev–Trinajstić information content (AvgIpc) is 2.80. The van der Waals surface area contributed by atoms with E-state index in [1.807, 2.05) is 49.3 Å². The van der Waals surface area contributed by atoms with E-state index in [0.29, 0.717) is 28.8 Å². The lowest BCUT2D eigenvalue weighted by Gasteiger charge is -2.14. The first kappa shape index (κ1) is 20.9. The van der Waals surface area contributed by atoms with Crippen LogP contribution in [0.5, 0.6) is 17.4 Å². The molecular weight excluding hydrogens is 406 g/mol. The topological polar surface area (TPSA) is 88.6 Å². The number of carbonyl (C=O) groups is 1. The number of ether oxygens (including phenoxy) is 2. The third kappa shape index (κ3) is 4.70. The molecule has 0 bridgehead atoms. The van der Waals surface area contributed by atoms with Crippen LogP contribution in [0.3, 0.4) is 0 Å². The van der Waals surface area contributed by atoms with E-state index in [0.717, 1.165) is 16.6 Å². The van der Waals surface area contributed by atoms with Gasteiger partial charge in [0.25, 0.3) is 0 Å². The van der Waals surface area contributed by atoms with Crippen molar-refractivity contribution in [2.75, 3.05) is 36.7 Å². The third-order valence-corrected chi connectivity index (χ3v) is 4.78. The zero-order chi connectivity index (χ0) is 22.5. The molecule has 4 aromatic rings. The Balaban J connectivity index is 1.44. The van der Waals surface area contributed by atoms with Crippen molar-refractivity contribution in [3.05, 3.63) is 73.1 Å². The van der Waals surface area contributed by atoms with E-state index in [4.69, 9.17) is 9.47 Å². The standard InChI is InChI=1S/C24H23N5O3/c1-29(2)17-10-13-19-21(14-17)25-15-26-23(19)32-18-11-8-16(9-12-18)27-24(30)28-20-6-4-5-7-22(20)31-3/h4-15H,1-3H3,(H2,27,28,30). The number of aromatic nitrogens is 2. The summed E-state index contributed by atoms with van der Waals surface area (Å²) >= 11 is 0. The monoisotopic (exact) mass is 429 g/mol. The van der Waals surface area contributed by atoms with Gasteiger partial charge >= 0.3 is 6.03 Å². The molecule has 1 heterocycles. The van der Waals surface area contributed by atoms with Gasteiger partial charge < -0.3 is 25.0 Å². The molecule has 0 aliphatic rings. The molecule has 0 fully saturated rings. The van der Waals surface area contributed by atoms with Crippen molar-refractivity contribution in [3.8, 4) is 17.4 Å². The lowest BCUT2D eigenvalue weighted by molar-refractivity contribution is 0.262. The van der Waals surface area contributed by atoms with Crippen LogP contribution >= 0.6 is 0 Å². The van der Waals surface area contributed by atoms with Crippen LogP contribution in [0.4, 0.5) is 21.9 Å². The largest absolute Gasteiger partial charge is 0.495 e. The van der Waals surface area contributed by atoms with Crippen molar-refractivity contribution in [2.24, 2.45) is 0 Å². The van der Waals surface area contributed by atoms with Gasteiger partial charge in [0.15, 0.2) is 0 Å². The van der Waals surface area contributed by atoms with Gasteiger partial charge in [0.2, 0.25) is 5.88 Å². The maximum absolute atomic E-state index is 12.3. The number of carbonyl (C=O) groups excluding carboxylic acids is 1. The number of methoxy groups -OCH3 is 1. The molecular formula is C24H23N5O3. The van der Waals surface area contributed by atoms with Crippen LogP contribution in [0.2, 0.25) is 0 Å². The average molecular weight is 429 g/mol. The van der Waals surface area contributed by atoms with Crippen LogP contribution in [0.25, 0.3) is 10.9 Å². The van der Waals surface area contributed by atoms with Gasteiger partial charge in [-0.15, -0.1) is 0 Å². The molecule has 0 unspecified atom stereocenters. The van der Waals surface area contributed by atoms with E-state index in [1.165, 1.54) is 6.33 Å². The quantitative estimate of drug-likeness (QED) is 0.441. The summed E-state index contributed by atoms with van der Waals surface area (Å²) in [6.45, 7) is 0. The Morgan fingerprint density at radius 1 is 0.938 bits per heavy atom. The summed E-state index contributed by atoms with van der Waals surface area (Å²) < 4.78 is 11.2. The number of hydrogen-bond acceptors (Lipinski definition) is 6. The van der Waals surface area contributed by atoms with E-state index in [2.05, 4.69) is 20.6 Å². The van der Waals surface area contributed by atoms with Crippen LogP contribution in [-0.4, -0.2) is 37.2 Å². The highest BCUT2D eigenvalue weighted by Gasteiger charge is 2.10. The molecule has 0 aliphatic heterocycles. The highest BCUT2D eigenvalue weighted by Crippen LogP contribution is 2.29. The molecule has 2 amide bonds. The van der Waals surface area contributed by atoms with Crippen molar-refractivity contribution in [2.45, 2.75) is 0 Å². The Labute approximate surface area is 185 Å². The number of nitrogens with zero attached hydrogens (tertiary/aromatic N) is 3. The summed E-state index contributed by atoms with van der Waals surface area (Å²) in [5, 5.41) is 6.37. The summed E-state index contributed by atoms with van der Waals surface area (Å²) in [5.74, 6) is 1.65. The normalized spacial score (nSPS) is 10.5. The molecule has 0 saturated heterocycles. The molecule has 0 aliphatic carbocycles. The Hall–Kier alpha value is -4.33. The lowest BCUT2D eigenvalue weighted by Crippen LogP contribution is -2.19. The maximum atomic E-state index is 12.3. The molecule has 8 heteroatoms. The first-order chi connectivity index (χ1) is 15.5. The van der Waals surface area contributed by atoms with E-state index in [-0.39, 0.29) is 6.03 Å². The van der Waals surface area contributed by atoms with Crippen LogP contribution in [0.15, 0.2) is 73.1 Å². The van der Waals surface area contributed by atoms with Crippen molar-refractivity contribution < 1.29 is 14.3 Å². The minimum atomic E-state index is -0.373. The van der Waals surface area contributed by atoms with Crippen molar-refractivity contribution in [3.63, 3.8) is 0 Å². The van der Waals surface area contributed by atoms with Crippen LogP contribution in [0, 0.1) is 0 Å². The molecule has 1 aromatic heterocycles. The molecule has 3 aromatic carbocycles. The molecule has 32 heavy (non-hydrogen) atoms. The van der Waals surface area contributed by atoms with Gasteiger partial charge in [0, 0.05) is 25.5 Å². The minimum absolute atomic E-state index is 0.373. The van der Waals surface area contributed by atoms with Gasteiger partial charge in [-0.05, 0) is 54.6 Å². The lowest BCUT2D eigenvalue weighted by atomic mass is 10.2. The fourth-order valence-corrected chi connectivity index (χ4v) is 3.13. The third-order valence-electron chi connectivity index (χ3n) is 4.78. The number of amides is 2. The summed E-state index contributed by atoms with van der Waals surface area (Å²) in [6, 6.07) is 19.8. The van der Waals surface area contributed by atoms with Gasteiger partial charge in [-0.1, -0.05) is 12.1 Å². The molecule has 4 rings (SSSR count). The minimum Gasteiger partial charge on any atom is -0.495 e. The molecule has 0 saturated carbocycles. The first-order valence-corrected chi connectivity index (χ1v) is 9.94. The Kier molecular flexibility index (Phi) is 6.03. The summed E-state index contributed by atoms with van der Waals surface area (Å²) in [6.07, 6.45) is 1.48. The second-order valence-electron chi connectivity index (χ2n) is 7.18. The number of benzene rings is 3. The van der Waals surface area contributed by atoms with Gasteiger partial charge in [-0.2, -0.15) is 0 Å². The van der Waals surface area contributed by atoms with Crippen LogP contribution < -0.4 is 25.0 Å². The number of nitrogens with one attached hydrogen (secondary N) is 2. The molecule has 8 nitrogen and oxygen atoms in total. The summed E-state index contributed by atoms with van der Waals surface area (Å²) in [7, 11) is 5.51. The number of urea groups is 1. The predicted octanol–water partition coefficient (Wildman–Crippen LogP) is 5.14. The van der Waals surface area contributed by atoms with Gasteiger partial charge in [-0.25, -0.2) is 14.8 Å². The summed E-state index contributed by atoms with van der Waals surface area (Å²) in [4.78, 5) is 22.9. The van der Waals surface area contributed by atoms with Crippen molar-refractivity contribution in [1.29, 1.82) is 0 Å². The Morgan fingerprint density at radius 2 is 1.72 bits per heavy atom. The van der Waals surface area contributed by atoms with E-state index >= 15 is 0 Å². The molecule has 0 radical (unpaired) electrons. The fourth-order valence-electron chi connectivity index (χ4n) is 3.13. The predicted molar refractivity (Wildman–Crippen MR) is 126 cm³/mol. The Morgan fingerprint density at radius 3 is 2.47 bits per heavy atom. The van der Waals surface area contributed by atoms with Gasteiger partial charge in [0.1, 0.15) is 17.8 Å². The number of rotatable bonds is 6. The number of para-hydroxylation sites is 2. The van der Waals surface area contributed by atoms with E-state index < -0.39 is 0 Å². The van der Waals surface area contributed by atoms with Crippen LogP contribution in [-0.2, 0) is 0 Å². The van der Waals surface area contributed by atoms with Crippen molar-refractivity contribution >= 4 is 34.0 Å². The highest BCUT2D eigenvalue weighted by molar-refractivity contribution is 6.00. The molecule has 2 N–H and O–H groups in total. The summed E-state index contributed by atoms with van der Waals surface area (Å²) in [5.41, 5.74) is 3.05. The number of hydrogen-bond donors (Lipinski definition) is 2. The number of anilines is 3. The molecule has 0 spiro atoms. The smallest absolute Gasteiger partial charge is 0.323 e. The first-order valence-electron chi connectivity index (χ1n) is 9.94. The zero-order valence-electron chi connectivity index (χ0n) is 18.0. The Bertz CT molecular complexity index is 1240. The van der Waals surface area contributed by atoms with Gasteiger partial charge in [-0.3, -0.25) is 0 Å². The van der Waals surface area contributed by atoms with Crippen molar-refractivity contribution in [1.82, 2.24) is 9.97 Å². The van der Waals surface area contributed by atoms with Gasteiger partial charge in [0.05, 0.1) is 23.7 Å². The maximum Gasteiger partial charge on any atom is 0.323 e. The zero-order valence-corrected chi connectivity index (χ0v) is 18.0. The number of fused-ring (bicyclic) bond motifs is 1. The second kappa shape index (κ2) is 9.22. The molecule has 162 valence electrons. The van der Waals surface area contributed by atoms with E-state index in [1.54, 1.807) is 43.5 Å². The fraction of sp³-hybridized carbons (Fsp3) is 0.125. The SMILES string of the molecule is COc1ccccc1NC(=O)Nc1ccc(Oc2ncnc3cc(N(C)C)ccc23)cc1.